The molecule has 0 radical (unpaired) electrons. The van der Waals surface area contributed by atoms with Gasteiger partial charge in [-0.15, -0.1) is 22.6 Å². The largest absolute Gasteiger partial charge is 0.497 e. The van der Waals surface area contributed by atoms with Crippen LogP contribution in [0.5, 0.6) is 5.75 Å². The Labute approximate surface area is 159 Å². The Kier molecular flexibility index (Phi) is 7.11. The van der Waals surface area contributed by atoms with Gasteiger partial charge in [-0.05, 0) is 45.5 Å². The number of aromatic nitrogens is 3. The number of piperidine rings is 1. The summed E-state index contributed by atoms with van der Waals surface area (Å²) >= 11 is 0. The van der Waals surface area contributed by atoms with Crippen molar-refractivity contribution in [2.75, 3.05) is 32.6 Å². The minimum absolute atomic E-state index is 0. The number of rotatable bonds is 5. The third kappa shape index (κ3) is 4.59. The number of hydrogen-bond acceptors (Lipinski definition) is 6. The maximum Gasteiger partial charge on any atom is 0.243 e. The van der Waals surface area contributed by atoms with Crippen LogP contribution >= 0.6 is 12.4 Å². The molecule has 1 N–H and O–H groups in total. The topological polar surface area (TPSA) is 63.2 Å². The Morgan fingerprint density at radius 3 is 2.77 bits per heavy atom. The van der Waals surface area contributed by atoms with Crippen LogP contribution in [-0.2, 0) is 0 Å². The number of methoxy groups -OCH3 is 1. The molecule has 3 rings (SSSR count). The second-order valence-electron chi connectivity index (χ2n) is 6.43. The molecule has 2 aromatic rings. The van der Waals surface area contributed by atoms with E-state index in [9.17, 15) is 4.39 Å². The van der Waals surface area contributed by atoms with Crippen LogP contribution in [-0.4, -0.2) is 53.4 Å². The van der Waals surface area contributed by atoms with Gasteiger partial charge in [0, 0.05) is 24.2 Å². The highest BCUT2D eigenvalue weighted by Crippen LogP contribution is 2.26. The molecule has 1 aliphatic rings. The van der Waals surface area contributed by atoms with Crippen LogP contribution in [0.25, 0.3) is 11.3 Å². The molecule has 0 saturated carbocycles. The number of aryl methyl sites for hydroxylation is 1. The van der Waals surface area contributed by atoms with Gasteiger partial charge in [0.25, 0.3) is 0 Å². The van der Waals surface area contributed by atoms with Gasteiger partial charge in [-0.3, -0.25) is 0 Å². The van der Waals surface area contributed by atoms with Crippen LogP contribution in [0.1, 0.15) is 25.0 Å². The van der Waals surface area contributed by atoms with E-state index in [1.165, 1.54) is 32.4 Å². The lowest BCUT2D eigenvalue weighted by atomic mass is 10.0. The average molecular weight is 382 g/mol. The first kappa shape index (κ1) is 20.3. The minimum atomic E-state index is -0.400. The van der Waals surface area contributed by atoms with Crippen molar-refractivity contribution in [3.8, 4) is 17.0 Å². The maximum absolute atomic E-state index is 14.2. The molecule has 0 bridgehead atoms. The van der Waals surface area contributed by atoms with Crippen molar-refractivity contribution in [3.05, 3.63) is 29.7 Å². The highest BCUT2D eigenvalue weighted by molar-refractivity contribution is 5.85. The molecule has 2 heterocycles. The molecule has 0 aliphatic carbocycles. The van der Waals surface area contributed by atoms with Gasteiger partial charge < -0.3 is 15.0 Å². The highest BCUT2D eigenvalue weighted by atomic mass is 35.5. The maximum atomic E-state index is 14.2. The van der Waals surface area contributed by atoms with Gasteiger partial charge in [-0.25, -0.2) is 9.37 Å². The van der Waals surface area contributed by atoms with Gasteiger partial charge in [-0.1, -0.05) is 6.42 Å². The molecule has 1 aromatic heterocycles. The van der Waals surface area contributed by atoms with Gasteiger partial charge in [0.05, 0.1) is 12.8 Å². The normalized spacial score (nSPS) is 17.5. The van der Waals surface area contributed by atoms with E-state index in [0.29, 0.717) is 34.7 Å². The number of nitrogens with one attached hydrogen (secondary N) is 1. The molecule has 0 amide bonds. The monoisotopic (exact) mass is 381 g/mol. The molecule has 1 atom stereocenters. The number of ether oxygens (including phenoxy) is 1. The number of hydrogen-bond donors (Lipinski definition) is 1. The lowest BCUT2D eigenvalue weighted by Crippen LogP contribution is -2.41. The molecule has 1 saturated heterocycles. The predicted molar refractivity (Wildman–Crippen MR) is 103 cm³/mol. The Morgan fingerprint density at radius 2 is 2.12 bits per heavy atom. The molecule has 8 heteroatoms. The number of halogens is 2. The fourth-order valence-electron chi connectivity index (χ4n) is 3.15. The van der Waals surface area contributed by atoms with E-state index in [0.717, 1.165) is 13.1 Å². The zero-order valence-corrected chi connectivity index (χ0v) is 16.1. The second kappa shape index (κ2) is 9.09. The first-order chi connectivity index (χ1) is 12.1. The first-order valence-corrected chi connectivity index (χ1v) is 8.58. The standard InChI is InChI=1S/C18H24FN5O.ClH/c1-12-17(15-8-7-14(25-3)10-16(15)19)22-23-18(21-12)20-11-13-6-4-5-9-24(13)2;/h7-8,10,13H,4-6,9,11H2,1-3H3,(H,20,21,23);1H. The molecule has 1 fully saturated rings. The fraction of sp³-hybridized carbons (Fsp3) is 0.500. The van der Waals surface area contributed by atoms with Gasteiger partial charge in [0.2, 0.25) is 5.95 Å². The number of anilines is 1. The van der Waals surface area contributed by atoms with Crippen LogP contribution in [0, 0.1) is 12.7 Å². The molecule has 26 heavy (non-hydrogen) atoms. The Balaban J connectivity index is 0.00000243. The van der Waals surface area contributed by atoms with Crippen LogP contribution in [0.2, 0.25) is 0 Å². The van der Waals surface area contributed by atoms with Gasteiger partial charge >= 0.3 is 0 Å². The summed E-state index contributed by atoms with van der Waals surface area (Å²) < 4.78 is 19.3. The Hall–Kier alpha value is -1.99. The quantitative estimate of drug-likeness (QED) is 0.857. The summed E-state index contributed by atoms with van der Waals surface area (Å²) in [6.07, 6.45) is 3.68. The SMILES string of the molecule is COc1ccc(-c2nnc(NCC3CCCCN3C)nc2C)c(F)c1.Cl. The summed E-state index contributed by atoms with van der Waals surface area (Å²) in [6, 6.07) is 5.15. The second-order valence-corrected chi connectivity index (χ2v) is 6.43. The molecule has 1 unspecified atom stereocenters. The van der Waals surface area contributed by atoms with E-state index in [2.05, 4.69) is 32.4 Å². The highest BCUT2D eigenvalue weighted by Gasteiger charge is 2.19. The fourth-order valence-corrected chi connectivity index (χ4v) is 3.15. The zero-order valence-electron chi connectivity index (χ0n) is 15.3. The summed E-state index contributed by atoms with van der Waals surface area (Å²) in [5, 5.41) is 11.6. The van der Waals surface area contributed by atoms with Crippen LogP contribution < -0.4 is 10.1 Å². The molecule has 0 spiro atoms. The van der Waals surface area contributed by atoms with Crippen molar-refractivity contribution in [1.29, 1.82) is 0 Å². The van der Waals surface area contributed by atoms with Crippen molar-refractivity contribution in [1.82, 2.24) is 20.1 Å². The van der Waals surface area contributed by atoms with E-state index in [4.69, 9.17) is 4.74 Å². The lowest BCUT2D eigenvalue weighted by molar-refractivity contribution is 0.194. The van der Waals surface area contributed by atoms with Gasteiger partial charge in [-0.2, -0.15) is 0 Å². The average Bonchev–Trinajstić information content (AvgIpc) is 2.61. The lowest BCUT2D eigenvalue weighted by Gasteiger charge is -2.32. The summed E-state index contributed by atoms with van der Waals surface area (Å²) in [5.74, 6) is 0.548. The molecular weight excluding hydrogens is 357 g/mol. The van der Waals surface area contributed by atoms with Crippen molar-refractivity contribution in [3.63, 3.8) is 0 Å². The molecule has 6 nitrogen and oxygen atoms in total. The molecular formula is C18H25ClFN5O. The van der Waals surface area contributed by atoms with Gasteiger partial charge in [0.1, 0.15) is 17.3 Å². The molecule has 142 valence electrons. The van der Waals surface area contributed by atoms with Crippen molar-refractivity contribution >= 4 is 18.4 Å². The smallest absolute Gasteiger partial charge is 0.243 e. The van der Waals surface area contributed by atoms with Crippen molar-refractivity contribution in [2.45, 2.75) is 32.2 Å². The molecule has 1 aliphatic heterocycles. The summed E-state index contributed by atoms with van der Waals surface area (Å²) in [7, 11) is 3.65. The van der Waals surface area contributed by atoms with E-state index >= 15 is 0 Å². The summed E-state index contributed by atoms with van der Waals surface area (Å²) in [4.78, 5) is 6.80. The summed E-state index contributed by atoms with van der Waals surface area (Å²) in [5.41, 5.74) is 1.45. The first-order valence-electron chi connectivity index (χ1n) is 8.58. The third-order valence-electron chi connectivity index (χ3n) is 4.71. The predicted octanol–water partition coefficient (Wildman–Crippen LogP) is 3.31. The van der Waals surface area contributed by atoms with Crippen molar-refractivity contribution in [2.24, 2.45) is 0 Å². The van der Waals surface area contributed by atoms with E-state index in [-0.39, 0.29) is 12.4 Å². The zero-order chi connectivity index (χ0) is 17.8. The minimum Gasteiger partial charge on any atom is -0.497 e. The summed E-state index contributed by atoms with van der Waals surface area (Å²) in [6.45, 7) is 3.72. The number of likely N-dealkylation sites (tertiary alicyclic amines) is 1. The Bertz CT molecular complexity index is 746. The van der Waals surface area contributed by atoms with Gasteiger partial charge in [0.15, 0.2) is 0 Å². The Morgan fingerprint density at radius 1 is 1.31 bits per heavy atom. The number of benzene rings is 1. The van der Waals surface area contributed by atoms with Crippen LogP contribution in [0.3, 0.4) is 0 Å². The number of likely N-dealkylation sites (N-methyl/N-ethyl adjacent to an activating group) is 1. The van der Waals surface area contributed by atoms with Crippen molar-refractivity contribution < 1.29 is 9.13 Å². The third-order valence-corrected chi connectivity index (χ3v) is 4.71. The van der Waals surface area contributed by atoms with Crippen LogP contribution in [0.15, 0.2) is 18.2 Å². The van der Waals surface area contributed by atoms with E-state index in [1.54, 1.807) is 12.1 Å². The van der Waals surface area contributed by atoms with E-state index in [1.807, 2.05) is 6.92 Å². The van der Waals surface area contributed by atoms with E-state index < -0.39 is 5.82 Å². The number of nitrogens with zero attached hydrogens (tertiary/aromatic N) is 4. The van der Waals surface area contributed by atoms with Crippen LogP contribution in [0.4, 0.5) is 10.3 Å². The molecule has 1 aromatic carbocycles.